The van der Waals surface area contributed by atoms with Gasteiger partial charge < -0.3 is 10.1 Å². The van der Waals surface area contributed by atoms with Crippen LogP contribution in [-0.2, 0) is 0 Å². The van der Waals surface area contributed by atoms with E-state index in [1.165, 1.54) is 31.4 Å². The molecule has 6 nitrogen and oxygen atoms in total. The van der Waals surface area contributed by atoms with Gasteiger partial charge in [-0.2, -0.15) is 5.26 Å². The summed E-state index contributed by atoms with van der Waals surface area (Å²) < 4.78 is 5.88. The zero-order valence-electron chi connectivity index (χ0n) is 12.5. The second kappa shape index (κ2) is 6.88. The van der Waals surface area contributed by atoms with Crippen LogP contribution in [0.1, 0.15) is 41.7 Å². The second-order valence-electron chi connectivity index (χ2n) is 5.39. The highest BCUT2D eigenvalue weighted by Crippen LogP contribution is 2.28. The van der Waals surface area contributed by atoms with Crippen LogP contribution in [0.25, 0.3) is 0 Å². The van der Waals surface area contributed by atoms with E-state index in [1.807, 2.05) is 0 Å². The van der Waals surface area contributed by atoms with E-state index < -0.39 is 0 Å². The summed E-state index contributed by atoms with van der Waals surface area (Å²) in [5.41, 5.74) is 1.15. The van der Waals surface area contributed by atoms with E-state index >= 15 is 0 Å². The Morgan fingerprint density at radius 2 is 2.13 bits per heavy atom. The van der Waals surface area contributed by atoms with Crippen LogP contribution in [0.2, 0.25) is 0 Å². The first-order valence-electron chi connectivity index (χ1n) is 7.54. The standard InChI is InChI=1S/C17H16N4O2/c18-10-12-9-13(21-17(22)15-11-19-7-8-20-15)5-6-16(12)23-14-3-1-2-4-14/h5-9,11,14H,1-4H2,(H,21,22). The Bertz CT molecular complexity index is 734. The van der Waals surface area contributed by atoms with Crippen molar-refractivity contribution in [1.82, 2.24) is 9.97 Å². The third-order valence-electron chi connectivity index (χ3n) is 3.75. The summed E-state index contributed by atoms with van der Waals surface area (Å²) in [6.07, 6.45) is 8.90. The minimum atomic E-state index is -0.369. The van der Waals surface area contributed by atoms with Crippen molar-refractivity contribution < 1.29 is 9.53 Å². The molecule has 1 aromatic heterocycles. The lowest BCUT2D eigenvalue weighted by Crippen LogP contribution is -2.14. The van der Waals surface area contributed by atoms with Crippen LogP contribution < -0.4 is 10.1 Å². The molecule has 23 heavy (non-hydrogen) atoms. The van der Waals surface area contributed by atoms with E-state index in [2.05, 4.69) is 21.4 Å². The third-order valence-corrected chi connectivity index (χ3v) is 3.75. The van der Waals surface area contributed by atoms with Crippen LogP contribution in [-0.4, -0.2) is 22.0 Å². The normalized spacial score (nSPS) is 14.2. The Morgan fingerprint density at radius 1 is 1.30 bits per heavy atom. The molecule has 1 fully saturated rings. The lowest BCUT2D eigenvalue weighted by Gasteiger charge is -2.15. The highest BCUT2D eigenvalue weighted by atomic mass is 16.5. The van der Waals surface area contributed by atoms with Crippen molar-refractivity contribution in [2.24, 2.45) is 0 Å². The highest BCUT2D eigenvalue weighted by Gasteiger charge is 2.18. The number of benzene rings is 1. The van der Waals surface area contributed by atoms with E-state index in [0.717, 1.165) is 12.8 Å². The van der Waals surface area contributed by atoms with Crippen molar-refractivity contribution in [1.29, 1.82) is 5.26 Å². The van der Waals surface area contributed by atoms with Crippen LogP contribution in [0, 0.1) is 11.3 Å². The van der Waals surface area contributed by atoms with Crippen molar-refractivity contribution in [3.05, 3.63) is 48.0 Å². The molecule has 0 saturated heterocycles. The molecule has 116 valence electrons. The third kappa shape index (κ3) is 3.64. The van der Waals surface area contributed by atoms with Crippen molar-refractivity contribution in [2.45, 2.75) is 31.8 Å². The van der Waals surface area contributed by atoms with Gasteiger partial charge in [-0.15, -0.1) is 0 Å². The first kappa shape index (κ1) is 15.0. The molecule has 3 rings (SSSR count). The molecule has 1 aromatic carbocycles. The first-order chi connectivity index (χ1) is 11.3. The number of anilines is 1. The van der Waals surface area contributed by atoms with Crippen molar-refractivity contribution in [3.63, 3.8) is 0 Å². The molecule has 0 spiro atoms. The van der Waals surface area contributed by atoms with Gasteiger partial charge in [0.2, 0.25) is 0 Å². The maximum Gasteiger partial charge on any atom is 0.275 e. The minimum absolute atomic E-state index is 0.183. The van der Waals surface area contributed by atoms with E-state index in [0.29, 0.717) is 17.0 Å². The van der Waals surface area contributed by atoms with Crippen molar-refractivity contribution >= 4 is 11.6 Å². The molecule has 0 atom stereocenters. The van der Waals surface area contributed by atoms with Gasteiger partial charge in [0.05, 0.1) is 17.9 Å². The highest BCUT2D eigenvalue weighted by molar-refractivity contribution is 6.02. The summed E-state index contributed by atoms with van der Waals surface area (Å²) in [6, 6.07) is 7.18. The number of nitriles is 1. The number of nitrogens with one attached hydrogen (secondary N) is 1. The summed E-state index contributed by atoms with van der Waals surface area (Å²) in [5.74, 6) is 0.198. The van der Waals surface area contributed by atoms with Crippen LogP contribution in [0.4, 0.5) is 5.69 Å². The van der Waals surface area contributed by atoms with Gasteiger partial charge in [0.15, 0.2) is 0 Å². The van der Waals surface area contributed by atoms with Gasteiger partial charge in [0, 0.05) is 18.1 Å². The van der Waals surface area contributed by atoms with Crippen LogP contribution in [0.5, 0.6) is 5.75 Å². The molecule has 1 aliphatic rings. The van der Waals surface area contributed by atoms with Gasteiger partial charge in [0.1, 0.15) is 17.5 Å². The molecule has 1 N–H and O–H groups in total. The van der Waals surface area contributed by atoms with E-state index in [1.54, 1.807) is 18.2 Å². The van der Waals surface area contributed by atoms with Gasteiger partial charge in [-0.3, -0.25) is 9.78 Å². The average molecular weight is 308 g/mol. The first-order valence-corrected chi connectivity index (χ1v) is 7.54. The lowest BCUT2D eigenvalue weighted by molar-refractivity contribution is 0.102. The zero-order chi connectivity index (χ0) is 16.1. The van der Waals surface area contributed by atoms with E-state index in [9.17, 15) is 10.1 Å². The van der Waals surface area contributed by atoms with Crippen LogP contribution in [0.3, 0.4) is 0 Å². The molecule has 0 unspecified atom stereocenters. The fourth-order valence-electron chi connectivity index (χ4n) is 2.60. The lowest BCUT2D eigenvalue weighted by atomic mass is 10.2. The number of hydrogen-bond donors (Lipinski definition) is 1. The SMILES string of the molecule is N#Cc1cc(NC(=O)c2cnccn2)ccc1OC1CCCC1. The number of nitrogens with zero attached hydrogens (tertiary/aromatic N) is 3. The molecule has 0 bridgehead atoms. The summed E-state index contributed by atoms with van der Waals surface area (Å²) in [6.45, 7) is 0. The topological polar surface area (TPSA) is 87.9 Å². The molecular formula is C17H16N4O2. The quantitative estimate of drug-likeness (QED) is 0.938. The molecule has 6 heteroatoms. The molecule has 2 aromatic rings. The maximum atomic E-state index is 12.0. The molecule has 0 radical (unpaired) electrons. The number of rotatable bonds is 4. The van der Waals surface area contributed by atoms with Gasteiger partial charge in [-0.1, -0.05) is 0 Å². The Morgan fingerprint density at radius 3 is 2.83 bits per heavy atom. The monoisotopic (exact) mass is 308 g/mol. The Kier molecular flexibility index (Phi) is 4.48. The van der Waals surface area contributed by atoms with Crippen LogP contribution in [0.15, 0.2) is 36.8 Å². The predicted molar refractivity (Wildman–Crippen MR) is 84.0 cm³/mol. The summed E-state index contributed by atoms with van der Waals surface area (Å²) in [5, 5.41) is 12.0. The molecule has 1 saturated carbocycles. The average Bonchev–Trinajstić information content (AvgIpc) is 3.10. The fraction of sp³-hybridized carbons (Fsp3) is 0.294. The fourth-order valence-corrected chi connectivity index (χ4v) is 2.60. The number of hydrogen-bond acceptors (Lipinski definition) is 5. The van der Waals surface area contributed by atoms with Crippen molar-refractivity contribution in [2.75, 3.05) is 5.32 Å². The number of carbonyl (C=O) groups excluding carboxylic acids is 1. The molecule has 0 aliphatic heterocycles. The largest absolute Gasteiger partial charge is 0.489 e. The number of ether oxygens (including phenoxy) is 1. The second-order valence-corrected chi connectivity index (χ2v) is 5.39. The predicted octanol–water partition coefficient (Wildman–Crippen LogP) is 2.92. The minimum Gasteiger partial charge on any atom is -0.489 e. The Hall–Kier alpha value is -2.94. The van der Waals surface area contributed by atoms with Gasteiger partial charge in [-0.05, 0) is 43.9 Å². The summed E-state index contributed by atoms with van der Waals surface area (Å²) in [4.78, 5) is 19.8. The van der Waals surface area contributed by atoms with Gasteiger partial charge in [0.25, 0.3) is 5.91 Å². The van der Waals surface area contributed by atoms with Crippen molar-refractivity contribution in [3.8, 4) is 11.8 Å². The van der Waals surface area contributed by atoms with Gasteiger partial charge in [-0.25, -0.2) is 4.98 Å². The Labute approximate surface area is 134 Å². The van der Waals surface area contributed by atoms with Gasteiger partial charge >= 0.3 is 0 Å². The Balaban J connectivity index is 1.74. The number of amides is 1. The zero-order valence-corrected chi connectivity index (χ0v) is 12.5. The number of aromatic nitrogens is 2. The molecule has 1 amide bonds. The molecular weight excluding hydrogens is 292 g/mol. The smallest absolute Gasteiger partial charge is 0.275 e. The molecule has 1 heterocycles. The summed E-state index contributed by atoms with van der Waals surface area (Å²) in [7, 11) is 0. The molecule has 1 aliphatic carbocycles. The maximum absolute atomic E-state index is 12.0. The summed E-state index contributed by atoms with van der Waals surface area (Å²) >= 11 is 0. The van der Waals surface area contributed by atoms with Crippen LogP contribution >= 0.6 is 0 Å². The van der Waals surface area contributed by atoms with E-state index in [-0.39, 0.29) is 17.7 Å². The number of carbonyl (C=O) groups is 1. The van der Waals surface area contributed by atoms with E-state index in [4.69, 9.17) is 4.74 Å².